The average molecular weight is 137 g/mol. The van der Waals surface area contributed by atoms with Crippen LogP contribution in [0.2, 0.25) is 0 Å². The largest absolute Gasteiger partial charge is 0.374 e. The van der Waals surface area contributed by atoms with Crippen LogP contribution in [-0.4, -0.2) is 37.9 Å². The molecule has 0 unspecified atom stereocenters. The highest BCUT2D eigenvalue weighted by Gasteiger charge is 1.80. The SMILES string of the molecule is [SiH3]N[SiH]([SiH3])[SiH3]. The van der Waals surface area contributed by atoms with Crippen molar-refractivity contribution < 1.29 is 0 Å². The van der Waals surface area contributed by atoms with Crippen molar-refractivity contribution in [2.45, 2.75) is 0 Å². The predicted molar refractivity (Wildman–Crippen MR) is 40.1 cm³/mol. The van der Waals surface area contributed by atoms with E-state index in [9.17, 15) is 0 Å². The van der Waals surface area contributed by atoms with Gasteiger partial charge in [-0.05, 0) is 0 Å². The first-order valence-electron chi connectivity index (χ1n) is 1.94. The summed E-state index contributed by atoms with van der Waals surface area (Å²) in [6, 6.07) is 0. The molecule has 5 heteroatoms. The van der Waals surface area contributed by atoms with Crippen LogP contribution in [0.25, 0.3) is 0 Å². The van der Waals surface area contributed by atoms with E-state index in [1.165, 1.54) is 29.9 Å². The number of hydrogen-bond donors (Lipinski definition) is 1. The molecule has 0 heterocycles. The van der Waals surface area contributed by atoms with Gasteiger partial charge in [0.25, 0.3) is 0 Å². The lowest BCUT2D eigenvalue weighted by atomic mass is 13.9. The molecule has 1 N–H and O–H groups in total. The van der Waals surface area contributed by atoms with Crippen LogP contribution in [0.3, 0.4) is 0 Å². The molecule has 0 bridgehead atoms. The van der Waals surface area contributed by atoms with Crippen molar-refractivity contribution in [3.05, 3.63) is 0 Å². The molecule has 0 radical (unpaired) electrons. The zero-order valence-electron chi connectivity index (χ0n) is 4.08. The monoisotopic (exact) mass is 137 g/mol. The van der Waals surface area contributed by atoms with Gasteiger partial charge in [0.2, 0.25) is 0 Å². The Morgan fingerprint density at radius 3 is 1.60 bits per heavy atom. The van der Waals surface area contributed by atoms with Crippen LogP contribution in [-0.2, 0) is 0 Å². The van der Waals surface area contributed by atoms with Crippen molar-refractivity contribution in [2.75, 3.05) is 0 Å². The highest BCUT2D eigenvalue weighted by molar-refractivity contribution is 7.29. The Morgan fingerprint density at radius 2 is 1.60 bits per heavy atom. The second-order valence-corrected chi connectivity index (χ2v) is 23.4. The summed E-state index contributed by atoms with van der Waals surface area (Å²) < 4.78 is 3.43. The van der Waals surface area contributed by atoms with E-state index in [-0.39, 0.29) is 7.99 Å². The van der Waals surface area contributed by atoms with Gasteiger partial charge >= 0.3 is 0 Å². The fraction of sp³-hybridized carbons (Fsp3) is 0. The summed E-state index contributed by atoms with van der Waals surface area (Å²) >= 11 is 0. The van der Waals surface area contributed by atoms with E-state index in [0.717, 1.165) is 0 Å². The summed E-state index contributed by atoms with van der Waals surface area (Å²) in [5, 5.41) is 0. The zero-order valence-corrected chi connectivity index (χ0v) is 11.2. The summed E-state index contributed by atoms with van der Waals surface area (Å²) in [4.78, 5) is 0. The first kappa shape index (κ1) is 5.83. The van der Waals surface area contributed by atoms with Crippen LogP contribution in [0.4, 0.5) is 0 Å². The van der Waals surface area contributed by atoms with Crippen LogP contribution < -0.4 is 4.65 Å². The van der Waals surface area contributed by atoms with Gasteiger partial charge in [0.05, 0.1) is 18.4 Å². The van der Waals surface area contributed by atoms with Gasteiger partial charge in [-0.3, -0.25) is 0 Å². The third-order valence-electron chi connectivity index (χ3n) is 0.577. The Bertz CT molecular complexity index is 17.6. The lowest BCUT2D eigenvalue weighted by molar-refractivity contribution is 1.65. The lowest BCUT2D eigenvalue weighted by Gasteiger charge is -1.92. The molecular weight excluding hydrogens is 126 g/mol. The molecule has 0 aromatic heterocycles. The van der Waals surface area contributed by atoms with E-state index in [2.05, 4.69) is 4.65 Å². The Kier molecular flexibility index (Phi) is 3.54. The quantitative estimate of drug-likeness (QED) is 0.358. The number of rotatable bonds is 1. The van der Waals surface area contributed by atoms with Gasteiger partial charge in [0.1, 0.15) is 0 Å². The predicted octanol–water partition coefficient (Wildman–Crippen LogP) is -4.70. The number of nitrogens with one attached hydrogen (secondary N) is 1. The second-order valence-electron chi connectivity index (χ2n) is 1.44. The summed E-state index contributed by atoms with van der Waals surface area (Å²) in [5.74, 6) is 0. The molecule has 0 aromatic rings. The molecule has 0 saturated heterocycles. The maximum absolute atomic E-state index is 3.43. The highest BCUT2D eigenvalue weighted by atomic mass is 29.5. The molecule has 0 rings (SSSR count). The van der Waals surface area contributed by atoms with Crippen LogP contribution in [0, 0.1) is 0 Å². The fourth-order valence-electron chi connectivity index (χ4n) is 0. The van der Waals surface area contributed by atoms with Crippen LogP contribution in [0.15, 0.2) is 0 Å². The summed E-state index contributed by atoms with van der Waals surface area (Å²) in [7, 11) is 4.18. The first-order chi connectivity index (χ1) is 2.27. The minimum absolute atomic E-state index is 0.0602. The van der Waals surface area contributed by atoms with E-state index in [0.29, 0.717) is 0 Å². The van der Waals surface area contributed by atoms with Crippen LogP contribution in [0.5, 0.6) is 0 Å². The summed E-state index contributed by atoms with van der Waals surface area (Å²) in [6.07, 6.45) is 0. The lowest BCUT2D eigenvalue weighted by Crippen LogP contribution is -2.32. The summed E-state index contributed by atoms with van der Waals surface area (Å²) in [6.45, 7) is 0. The summed E-state index contributed by atoms with van der Waals surface area (Å²) in [5.41, 5.74) is 0. The topological polar surface area (TPSA) is 12.0 Å². The molecule has 1 nitrogen and oxygen atoms in total. The first-order valence-corrected chi connectivity index (χ1v) is 12.8. The van der Waals surface area contributed by atoms with Crippen LogP contribution in [0.1, 0.15) is 0 Å². The van der Waals surface area contributed by atoms with Crippen molar-refractivity contribution in [2.24, 2.45) is 0 Å². The normalized spacial score (nSPS) is 16.8. The third-order valence-corrected chi connectivity index (χ3v) is 15.6. The van der Waals surface area contributed by atoms with Gasteiger partial charge in [-0.2, -0.15) is 0 Å². The van der Waals surface area contributed by atoms with E-state index in [1.807, 2.05) is 0 Å². The highest BCUT2D eigenvalue weighted by Crippen LogP contribution is 1.40. The third kappa shape index (κ3) is 4.83. The molecule has 32 valence electrons. The maximum Gasteiger partial charge on any atom is 0.0670 e. The number of hydrogen-bond acceptors (Lipinski definition) is 1. The van der Waals surface area contributed by atoms with Gasteiger partial charge in [-0.15, -0.1) is 0 Å². The smallest absolute Gasteiger partial charge is 0.0670 e. The Labute approximate surface area is 43.2 Å². The fourth-order valence-corrected chi connectivity index (χ4v) is 0. The van der Waals surface area contributed by atoms with Gasteiger partial charge in [0, 0.05) is 19.5 Å². The van der Waals surface area contributed by atoms with E-state index in [1.54, 1.807) is 0 Å². The molecule has 0 fully saturated rings. The minimum atomic E-state index is -0.0602. The Morgan fingerprint density at radius 1 is 1.40 bits per heavy atom. The Balaban J connectivity index is 2.54. The second kappa shape index (κ2) is 3.03. The van der Waals surface area contributed by atoms with Crippen molar-refractivity contribution >= 4 is 37.9 Å². The van der Waals surface area contributed by atoms with Gasteiger partial charge in [-0.1, -0.05) is 0 Å². The molecule has 0 aliphatic heterocycles. The van der Waals surface area contributed by atoms with E-state index >= 15 is 0 Å². The van der Waals surface area contributed by atoms with Crippen molar-refractivity contribution in [1.82, 2.24) is 4.65 Å². The average Bonchev–Trinajstić information content (AvgIpc) is 1.38. The molecular formula is H11NSi4. The molecule has 0 amide bonds. The maximum atomic E-state index is 3.43. The zero-order chi connectivity index (χ0) is 4.28. The minimum Gasteiger partial charge on any atom is -0.374 e. The van der Waals surface area contributed by atoms with E-state index in [4.69, 9.17) is 0 Å². The molecule has 0 aliphatic carbocycles. The van der Waals surface area contributed by atoms with Gasteiger partial charge in [-0.25, -0.2) is 0 Å². The van der Waals surface area contributed by atoms with Gasteiger partial charge in [0.15, 0.2) is 0 Å². The van der Waals surface area contributed by atoms with Gasteiger partial charge < -0.3 is 4.65 Å². The van der Waals surface area contributed by atoms with Crippen molar-refractivity contribution in [3.8, 4) is 0 Å². The molecule has 5 heavy (non-hydrogen) atoms. The molecule has 0 spiro atoms. The molecule has 0 aliphatic rings. The standard InChI is InChI=1S/H11NSi4/c2-1-5(3)4/h1,5H,2-4H3. The molecule has 0 saturated carbocycles. The van der Waals surface area contributed by atoms with E-state index < -0.39 is 0 Å². The molecule has 0 aromatic carbocycles. The Hall–Kier alpha value is 0.828. The van der Waals surface area contributed by atoms with Crippen molar-refractivity contribution in [3.63, 3.8) is 0 Å². The molecule has 0 atom stereocenters. The van der Waals surface area contributed by atoms with Crippen LogP contribution >= 0.6 is 0 Å². The van der Waals surface area contributed by atoms with Crippen molar-refractivity contribution in [1.29, 1.82) is 0 Å².